The zero-order chi connectivity index (χ0) is 17.0. The number of nitrogens with one attached hydrogen (secondary N) is 2. The first-order chi connectivity index (χ1) is 11.8. The molecule has 2 aromatic rings. The van der Waals surface area contributed by atoms with E-state index in [0.29, 0.717) is 0 Å². The Hall–Kier alpha value is -1.84. The van der Waals surface area contributed by atoms with Crippen LogP contribution in [0, 0.1) is 0 Å². The second-order valence-electron chi connectivity index (χ2n) is 6.23. The van der Waals surface area contributed by atoms with Gasteiger partial charge in [-0.1, -0.05) is 42.5 Å². The van der Waals surface area contributed by atoms with E-state index in [0.717, 1.165) is 44.6 Å². The van der Waals surface area contributed by atoms with E-state index in [1.165, 1.54) is 11.1 Å². The lowest BCUT2D eigenvalue weighted by molar-refractivity contribution is 0.211. The van der Waals surface area contributed by atoms with E-state index < -0.39 is 0 Å². The Morgan fingerprint density at radius 2 is 1.67 bits per heavy atom. The van der Waals surface area contributed by atoms with Gasteiger partial charge in [-0.05, 0) is 69.6 Å². The fraction of sp³-hybridized carbons (Fsp3) is 0.429. The van der Waals surface area contributed by atoms with E-state index >= 15 is 0 Å². The Balaban J connectivity index is 1.68. The third kappa shape index (κ3) is 7.16. The van der Waals surface area contributed by atoms with Crippen molar-refractivity contribution in [2.45, 2.75) is 38.8 Å². The first-order valence-corrected chi connectivity index (χ1v) is 8.93. The molecule has 3 nitrogen and oxygen atoms in total. The summed E-state index contributed by atoms with van der Waals surface area (Å²) in [6.07, 6.45) is 3.45. The minimum Gasteiger partial charge on any atom is -0.491 e. The lowest BCUT2D eigenvalue weighted by Crippen LogP contribution is -2.19. The van der Waals surface area contributed by atoms with Crippen molar-refractivity contribution in [2.24, 2.45) is 0 Å². The van der Waals surface area contributed by atoms with Crippen LogP contribution in [0.2, 0.25) is 0 Å². The molecule has 130 valence electrons. The Bertz CT molecular complexity index is 554. The maximum Gasteiger partial charge on any atom is 0.119 e. The van der Waals surface area contributed by atoms with Gasteiger partial charge in [-0.25, -0.2) is 0 Å². The van der Waals surface area contributed by atoms with Crippen LogP contribution < -0.4 is 15.4 Å². The highest BCUT2D eigenvalue weighted by atomic mass is 16.5. The Morgan fingerprint density at radius 3 is 2.38 bits per heavy atom. The molecular formula is C21H30N2O. The van der Waals surface area contributed by atoms with Gasteiger partial charge in [-0.15, -0.1) is 0 Å². The third-order valence-electron chi connectivity index (χ3n) is 4.05. The van der Waals surface area contributed by atoms with Crippen LogP contribution in [0.3, 0.4) is 0 Å². The Morgan fingerprint density at radius 1 is 0.917 bits per heavy atom. The van der Waals surface area contributed by atoms with Crippen LogP contribution in [0.25, 0.3) is 0 Å². The van der Waals surface area contributed by atoms with Crippen LogP contribution in [0.15, 0.2) is 54.6 Å². The predicted octanol–water partition coefficient (Wildman–Crippen LogP) is 3.79. The summed E-state index contributed by atoms with van der Waals surface area (Å²) in [6, 6.07) is 19.0. The van der Waals surface area contributed by atoms with Crippen LogP contribution in [0.1, 0.15) is 30.9 Å². The summed E-state index contributed by atoms with van der Waals surface area (Å²) in [7, 11) is 1.99. The van der Waals surface area contributed by atoms with Crippen LogP contribution in [-0.2, 0) is 13.0 Å². The van der Waals surface area contributed by atoms with E-state index in [9.17, 15) is 0 Å². The summed E-state index contributed by atoms with van der Waals surface area (Å²) in [6.45, 7) is 5.14. The van der Waals surface area contributed by atoms with Crippen molar-refractivity contribution in [2.75, 3.05) is 20.1 Å². The number of aryl methyl sites for hydroxylation is 1. The van der Waals surface area contributed by atoms with Gasteiger partial charge in [-0.3, -0.25) is 0 Å². The summed E-state index contributed by atoms with van der Waals surface area (Å²) in [5.74, 6) is 0.953. The van der Waals surface area contributed by atoms with Crippen molar-refractivity contribution in [1.82, 2.24) is 10.6 Å². The van der Waals surface area contributed by atoms with E-state index in [-0.39, 0.29) is 6.10 Å². The molecule has 3 heteroatoms. The molecule has 0 spiro atoms. The lowest BCUT2D eigenvalue weighted by Gasteiger charge is -2.15. The zero-order valence-corrected chi connectivity index (χ0v) is 14.9. The standard InChI is InChI=1S/C21H30N2O/c1-18(9-10-19-7-4-3-5-8-19)24-21-13-11-20(12-14-21)17-23-16-6-15-22-2/h3-5,7-8,11-14,18,22-23H,6,9-10,15-17H2,1-2H3. The van der Waals surface area contributed by atoms with Gasteiger partial charge in [0.25, 0.3) is 0 Å². The van der Waals surface area contributed by atoms with Gasteiger partial charge in [0, 0.05) is 6.54 Å². The monoisotopic (exact) mass is 326 g/mol. The molecule has 0 amide bonds. The minimum absolute atomic E-state index is 0.218. The van der Waals surface area contributed by atoms with Gasteiger partial charge in [0.05, 0.1) is 6.10 Å². The second kappa shape index (κ2) is 10.8. The zero-order valence-electron chi connectivity index (χ0n) is 14.9. The summed E-state index contributed by atoms with van der Waals surface area (Å²) < 4.78 is 6.02. The largest absolute Gasteiger partial charge is 0.491 e. The van der Waals surface area contributed by atoms with Gasteiger partial charge >= 0.3 is 0 Å². The van der Waals surface area contributed by atoms with Crippen LogP contribution >= 0.6 is 0 Å². The third-order valence-corrected chi connectivity index (χ3v) is 4.05. The van der Waals surface area contributed by atoms with Crippen molar-refractivity contribution in [1.29, 1.82) is 0 Å². The predicted molar refractivity (Wildman–Crippen MR) is 102 cm³/mol. The van der Waals surface area contributed by atoms with Crippen molar-refractivity contribution in [3.8, 4) is 5.75 Å². The highest BCUT2D eigenvalue weighted by Crippen LogP contribution is 2.16. The molecule has 2 aromatic carbocycles. The number of rotatable bonds is 11. The van der Waals surface area contributed by atoms with Gasteiger partial charge in [0.2, 0.25) is 0 Å². The summed E-state index contributed by atoms with van der Waals surface area (Å²) in [5, 5.41) is 6.61. The molecule has 1 atom stereocenters. The molecule has 1 unspecified atom stereocenters. The fourth-order valence-corrected chi connectivity index (χ4v) is 2.61. The molecule has 0 aliphatic rings. The number of hydrogen-bond acceptors (Lipinski definition) is 3. The molecule has 0 heterocycles. The van der Waals surface area contributed by atoms with Crippen LogP contribution in [-0.4, -0.2) is 26.2 Å². The van der Waals surface area contributed by atoms with Gasteiger partial charge in [0.1, 0.15) is 5.75 Å². The molecule has 0 saturated carbocycles. The lowest BCUT2D eigenvalue weighted by atomic mass is 10.1. The highest BCUT2D eigenvalue weighted by Gasteiger charge is 2.05. The normalized spacial score (nSPS) is 12.1. The molecule has 0 aliphatic carbocycles. The summed E-state index contributed by atoms with van der Waals surface area (Å²) in [5.41, 5.74) is 2.66. The van der Waals surface area contributed by atoms with E-state index in [2.05, 4.69) is 72.2 Å². The topological polar surface area (TPSA) is 33.3 Å². The van der Waals surface area contributed by atoms with Crippen molar-refractivity contribution >= 4 is 0 Å². The van der Waals surface area contributed by atoms with E-state index in [4.69, 9.17) is 4.74 Å². The van der Waals surface area contributed by atoms with Crippen LogP contribution in [0.4, 0.5) is 0 Å². The SMILES string of the molecule is CNCCCNCc1ccc(OC(C)CCc2ccccc2)cc1. The fourth-order valence-electron chi connectivity index (χ4n) is 2.61. The number of ether oxygens (including phenoxy) is 1. The van der Waals surface area contributed by atoms with Gasteiger partial charge in [-0.2, -0.15) is 0 Å². The molecule has 24 heavy (non-hydrogen) atoms. The van der Waals surface area contributed by atoms with Crippen LogP contribution in [0.5, 0.6) is 5.75 Å². The smallest absolute Gasteiger partial charge is 0.119 e. The average molecular weight is 326 g/mol. The molecule has 2 N–H and O–H groups in total. The first kappa shape index (κ1) is 18.5. The Labute approximate surface area is 146 Å². The molecule has 0 aromatic heterocycles. The molecule has 0 bridgehead atoms. The molecule has 0 saturated heterocycles. The van der Waals surface area contributed by atoms with Crippen molar-refractivity contribution in [3.05, 3.63) is 65.7 Å². The van der Waals surface area contributed by atoms with Crippen molar-refractivity contribution in [3.63, 3.8) is 0 Å². The summed E-state index contributed by atoms with van der Waals surface area (Å²) in [4.78, 5) is 0. The quantitative estimate of drug-likeness (QED) is 0.617. The average Bonchev–Trinajstić information content (AvgIpc) is 2.62. The second-order valence-corrected chi connectivity index (χ2v) is 6.23. The molecule has 2 rings (SSSR count). The molecule has 0 radical (unpaired) electrons. The van der Waals surface area contributed by atoms with Gasteiger partial charge < -0.3 is 15.4 Å². The number of benzene rings is 2. The number of hydrogen-bond donors (Lipinski definition) is 2. The minimum atomic E-state index is 0.218. The summed E-state index contributed by atoms with van der Waals surface area (Å²) >= 11 is 0. The van der Waals surface area contributed by atoms with E-state index in [1.807, 2.05) is 7.05 Å². The highest BCUT2D eigenvalue weighted by molar-refractivity contribution is 5.27. The van der Waals surface area contributed by atoms with E-state index in [1.54, 1.807) is 0 Å². The van der Waals surface area contributed by atoms with Gasteiger partial charge in [0.15, 0.2) is 0 Å². The molecule has 0 fully saturated rings. The molecule has 0 aliphatic heterocycles. The maximum atomic E-state index is 6.02. The van der Waals surface area contributed by atoms with Crippen molar-refractivity contribution < 1.29 is 4.74 Å². The molecular weight excluding hydrogens is 296 g/mol. The Kier molecular flexibility index (Phi) is 8.36. The maximum absolute atomic E-state index is 6.02. The first-order valence-electron chi connectivity index (χ1n) is 8.93.